The standard InChI is InChI=1S/C16H21N5O2S/c1-4-21-13(11-8-6-5-7-9-11)19-20-16(21)24-12(10(2)3)14(22)18-15(17)23/h5-10,12H,4H2,1-3H3,(H3,17,18,22,23)/t12-/m1/s1. The Morgan fingerprint density at radius 1 is 1.25 bits per heavy atom. The van der Waals surface area contributed by atoms with Crippen LogP contribution in [0.5, 0.6) is 0 Å². The van der Waals surface area contributed by atoms with E-state index in [1.807, 2.05) is 55.7 Å². The van der Waals surface area contributed by atoms with E-state index in [0.717, 1.165) is 11.4 Å². The maximum absolute atomic E-state index is 12.2. The Labute approximate surface area is 145 Å². The second-order valence-electron chi connectivity index (χ2n) is 5.55. The molecule has 24 heavy (non-hydrogen) atoms. The van der Waals surface area contributed by atoms with Crippen molar-refractivity contribution in [2.45, 2.75) is 37.7 Å². The van der Waals surface area contributed by atoms with Gasteiger partial charge in [-0.1, -0.05) is 55.9 Å². The van der Waals surface area contributed by atoms with Crippen LogP contribution < -0.4 is 11.1 Å². The molecule has 0 fully saturated rings. The lowest BCUT2D eigenvalue weighted by atomic mass is 10.1. The van der Waals surface area contributed by atoms with Gasteiger partial charge in [0.1, 0.15) is 0 Å². The summed E-state index contributed by atoms with van der Waals surface area (Å²) < 4.78 is 1.95. The predicted octanol–water partition coefficient (Wildman–Crippen LogP) is 2.28. The van der Waals surface area contributed by atoms with E-state index in [0.29, 0.717) is 11.7 Å². The molecular weight excluding hydrogens is 326 g/mol. The number of imide groups is 1. The number of carbonyl (C=O) groups excluding carboxylic acids is 2. The van der Waals surface area contributed by atoms with E-state index in [1.165, 1.54) is 11.8 Å². The van der Waals surface area contributed by atoms with E-state index < -0.39 is 17.2 Å². The second-order valence-corrected chi connectivity index (χ2v) is 6.66. The van der Waals surface area contributed by atoms with Crippen LogP contribution in [0.1, 0.15) is 20.8 Å². The molecule has 2 rings (SSSR count). The number of rotatable bonds is 6. The van der Waals surface area contributed by atoms with Gasteiger partial charge in [-0.05, 0) is 12.8 Å². The number of primary amides is 1. The predicted molar refractivity (Wildman–Crippen MR) is 93.3 cm³/mol. The zero-order valence-electron chi connectivity index (χ0n) is 13.9. The normalized spacial score (nSPS) is 12.2. The molecule has 0 aliphatic carbocycles. The fourth-order valence-corrected chi connectivity index (χ4v) is 3.36. The average molecular weight is 347 g/mol. The van der Waals surface area contributed by atoms with Gasteiger partial charge in [-0.15, -0.1) is 10.2 Å². The number of nitrogens with one attached hydrogen (secondary N) is 1. The number of carbonyl (C=O) groups is 2. The Balaban J connectivity index is 2.30. The molecule has 0 saturated carbocycles. The van der Waals surface area contributed by atoms with Gasteiger partial charge in [0.2, 0.25) is 5.91 Å². The molecule has 0 aliphatic heterocycles. The first-order chi connectivity index (χ1) is 11.4. The Morgan fingerprint density at radius 3 is 2.46 bits per heavy atom. The van der Waals surface area contributed by atoms with Crippen molar-refractivity contribution in [1.82, 2.24) is 20.1 Å². The third-order valence-electron chi connectivity index (χ3n) is 3.41. The summed E-state index contributed by atoms with van der Waals surface area (Å²) in [6.07, 6.45) is 0. The topological polar surface area (TPSA) is 103 Å². The van der Waals surface area contributed by atoms with Crippen LogP contribution in [0, 0.1) is 5.92 Å². The van der Waals surface area contributed by atoms with Crippen molar-refractivity contribution in [2.75, 3.05) is 0 Å². The van der Waals surface area contributed by atoms with Gasteiger partial charge in [0.25, 0.3) is 0 Å². The smallest absolute Gasteiger partial charge is 0.318 e. The van der Waals surface area contributed by atoms with Crippen molar-refractivity contribution in [3.05, 3.63) is 30.3 Å². The molecule has 0 radical (unpaired) electrons. The highest BCUT2D eigenvalue weighted by molar-refractivity contribution is 8.00. The lowest BCUT2D eigenvalue weighted by molar-refractivity contribution is -0.120. The zero-order chi connectivity index (χ0) is 17.7. The molecule has 7 nitrogen and oxygen atoms in total. The van der Waals surface area contributed by atoms with E-state index in [4.69, 9.17) is 5.73 Å². The van der Waals surface area contributed by atoms with Crippen LogP contribution in [0.3, 0.4) is 0 Å². The van der Waals surface area contributed by atoms with Gasteiger partial charge in [-0.25, -0.2) is 4.79 Å². The maximum Gasteiger partial charge on any atom is 0.318 e. The van der Waals surface area contributed by atoms with Crippen molar-refractivity contribution in [1.29, 1.82) is 0 Å². The van der Waals surface area contributed by atoms with Crippen LogP contribution in [0.2, 0.25) is 0 Å². The lowest BCUT2D eigenvalue weighted by Crippen LogP contribution is -2.42. The molecule has 0 spiro atoms. The monoisotopic (exact) mass is 347 g/mol. The van der Waals surface area contributed by atoms with Crippen molar-refractivity contribution < 1.29 is 9.59 Å². The van der Waals surface area contributed by atoms with Crippen molar-refractivity contribution in [2.24, 2.45) is 11.7 Å². The van der Waals surface area contributed by atoms with Crippen LogP contribution in [-0.2, 0) is 11.3 Å². The van der Waals surface area contributed by atoms with Crippen LogP contribution in [0.15, 0.2) is 35.5 Å². The first kappa shape index (κ1) is 18.0. The molecule has 2 aromatic rings. The van der Waals surface area contributed by atoms with Gasteiger partial charge in [0.15, 0.2) is 11.0 Å². The number of urea groups is 1. The Hall–Kier alpha value is -2.35. The summed E-state index contributed by atoms with van der Waals surface area (Å²) in [5, 5.41) is 10.8. The lowest BCUT2D eigenvalue weighted by Gasteiger charge is -2.18. The Morgan fingerprint density at radius 2 is 1.92 bits per heavy atom. The molecule has 3 amide bonds. The van der Waals surface area contributed by atoms with E-state index in [1.54, 1.807) is 0 Å². The number of thioether (sulfide) groups is 1. The van der Waals surface area contributed by atoms with Crippen LogP contribution >= 0.6 is 11.8 Å². The highest BCUT2D eigenvalue weighted by atomic mass is 32.2. The summed E-state index contributed by atoms with van der Waals surface area (Å²) in [5.41, 5.74) is 6.01. The Kier molecular flexibility index (Phi) is 5.97. The van der Waals surface area contributed by atoms with Crippen LogP contribution in [-0.4, -0.2) is 32.0 Å². The molecular formula is C16H21N5O2S. The highest BCUT2D eigenvalue weighted by Gasteiger charge is 2.27. The zero-order valence-corrected chi connectivity index (χ0v) is 14.7. The van der Waals surface area contributed by atoms with Gasteiger partial charge < -0.3 is 10.3 Å². The minimum atomic E-state index is -0.854. The van der Waals surface area contributed by atoms with Gasteiger partial charge >= 0.3 is 6.03 Å². The third-order valence-corrected chi connectivity index (χ3v) is 4.93. The van der Waals surface area contributed by atoms with Gasteiger partial charge in [-0.3, -0.25) is 10.1 Å². The van der Waals surface area contributed by atoms with E-state index in [9.17, 15) is 9.59 Å². The quantitative estimate of drug-likeness (QED) is 0.780. The number of benzene rings is 1. The van der Waals surface area contributed by atoms with Crippen LogP contribution in [0.25, 0.3) is 11.4 Å². The highest BCUT2D eigenvalue weighted by Crippen LogP contribution is 2.30. The fraction of sp³-hybridized carbons (Fsp3) is 0.375. The number of amides is 3. The number of hydrogen-bond donors (Lipinski definition) is 2. The summed E-state index contributed by atoms with van der Waals surface area (Å²) in [6.45, 7) is 6.47. The summed E-state index contributed by atoms with van der Waals surface area (Å²) in [6, 6.07) is 8.89. The largest absolute Gasteiger partial charge is 0.351 e. The molecule has 0 unspecified atom stereocenters. The van der Waals surface area contributed by atoms with Gasteiger partial charge in [0.05, 0.1) is 5.25 Å². The molecule has 8 heteroatoms. The maximum atomic E-state index is 12.2. The van der Waals surface area contributed by atoms with E-state index in [2.05, 4.69) is 15.5 Å². The summed E-state index contributed by atoms with van der Waals surface area (Å²) in [5.74, 6) is 0.323. The third kappa shape index (κ3) is 4.14. The number of hydrogen-bond acceptors (Lipinski definition) is 5. The first-order valence-corrected chi connectivity index (χ1v) is 8.57. The first-order valence-electron chi connectivity index (χ1n) is 7.69. The number of aromatic nitrogens is 3. The average Bonchev–Trinajstić information content (AvgIpc) is 2.95. The van der Waals surface area contributed by atoms with Crippen molar-refractivity contribution in [3.63, 3.8) is 0 Å². The summed E-state index contributed by atoms with van der Waals surface area (Å²) in [7, 11) is 0. The van der Waals surface area contributed by atoms with E-state index in [-0.39, 0.29) is 5.92 Å². The molecule has 1 aromatic carbocycles. The summed E-state index contributed by atoms with van der Waals surface area (Å²) in [4.78, 5) is 23.1. The Bertz CT molecular complexity index is 715. The molecule has 0 aliphatic rings. The fourth-order valence-electron chi connectivity index (χ4n) is 2.26. The number of nitrogens with zero attached hydrogens (tertiary/aromatic N) is 3. The van der Waals surface area contributed by atoms with Gasteiger partial charge in [0, 0.05) is 12.1 Å². The van der Waals surface area contributed by atoms with Crippen LogP contribution in [0.4, 0.5) is 4.79 Å². The molecule has 1 aromatic heterocycles. The molecule has 3 N–H and O–H groups in total. The summed E-state index contributed by atoms with van der Waals surface area (Å²) >= 11 is 1.28. The molecule has 1 heterocycles. The molecule has 1 atom stereocenters. The van der Waals surface area contributed by atoms with Gasteiger partial charge in [-0.2, -0.15) is 0 Å². The molecule has 128 valence electrons. The minimum Gasteiger partial charge on any atom is -0.351 e. The second kappa shape index (κ2) is 7.96. The van der Waals surface area contributed by atoms with Crippen molar-refractivity contribution >= 4 is 23.7 Å². The number of nitrogens with two attached hydrogens (primary N) is 1. The van der Waals surface area contributed by atoms with E-state index >= 15 is 0 Å². The minimum absolute atomic E-state index is 0.00321. The molecule has 0 bridgehead atoms. The molecule has 0 saturated heterocycles. The SMILES string of the molecule is CCn1c(S[C@@H](C(=O)NC(N)=O)C(C)C)nnc1-c1ccccc1. The van der Waals surface area contributed by atoms with Crippen molar-refractivity contribution in [3.8, 4) is 11.4 Å².